The monoisotopic (exact) mass is 362 g/mol. The minimum atomic E-state index is -3.55. The summed E-state index contributed by atoms with van der Waals surface area (Å²) in [4.78, 5) is 5.02. The normalized spacial score (nSPS) is 35.4. The first kappa shape index (κ1) is 17.0. The maximum Gasteiger partial charge on any atom is 0.241 e. The van der Waals surface area contributed by atoms with E-state index in [4.69, 9.17) is 9.73 Å². The van der Waals surface area contributed by atoms with Crippen LogP contribution >= 0.6 is 0 Å². The van der Waals surface area contributed by atoms with Gasteiger partial charge >= 0.3 is 0 Å². The van der Waals surface area contributed by atoms with E-state index in [-0.39, 0.29) is 34.4 Å². The summed E-state index contributed by atoms with van der Waals surface area (Å²) in [5, 5.41) is 0. The standard InChI is InChI=1S/C19H26N2O3S/c1-12-5-7-13(8-6-12)25(22,23)20-11-15-21-16-14-9-10-19(4,17(16)24-15)18(14,2)3/h5-8,14,16-17,20H,9-11H2,1-4H3/t14-,16-,17-,19+/m1/s1. The summed E-state index contributed by atoms with van der Waals surface area (Å²) in [6.07, 6.45) is 2.42. The van der Waals surface area contributed by atoms with Crippen LogP contribution in [0.4, 0.5) is 0 Å². The molecule has 1 aromatic carbocycles. The first-order valence-electron chi connectivity index (χ1n) is 8.95. The summed E-state index contributed by atoms with van der Waals surface area (Å²) in [6.45, 7) is 8.99. The molecule has 0 amide bonds. The Hall–Kier alpha value is -1.40. The largest absolute Gasteiger partial charge is 0.474 e. The van der Waals surface area contributed by atoms with Gasteiger partial charge in [0.2, 0.25) is 10.0 Å². The van der Waals surface area contributed by atoms with Gasteiger partial charge in [-0.25, -0.2) is 18.1 Å². The minimum Gasteiger partial charge on any atom is -0.474 e. The van der Waals surface area contributed by atoms with E-state index >= 15 is 0 Å². The Morgan fingerprint density at radius 1 is 1.24 bits per heavy atom. The lowest BCUT2D eigenvalue weighted by Crippen LogP contribution is -2.40. The molecular formula is C19H26N2O3S. The molecule has 4 rings (SSSR count). The molecule has 2 bridgehead atoms. The van der Waals surface area contributed by atoms with Gasteiger partial charge in [0.05, 0.1) is 17.5 Å². The maximum absolute atomic E-state index is 12.4. The number of aliphatic imine (C=N–C) groups is 1. The molecule has 0 saturated heterocycles. The van der Waals surface area contributed by atoms with Crippen LogP contribution in [0.2, 0.25) is 0 Å². The van der Waals surface area contributed by atoms with E-state index in [0.717, 1.165) is 12.0 Å². The summed E-state index contributed by atoms with van der Waals surface area (Å²) in [5.41, 5.74) is 1.36. The fourth-order valence-electron chi connectivity index (χ4n) is 5.00. The van der Waals surface area contributed by atoms with Crippen molar-refractivity contribution in [1.82, 2.24) is 4.72 Å². The Morgan fingerprint density at radius 3 is 2.56 bits per heavy atom. The molecule has 5 nitrogen and oxygen atoms in total. The Labute approximate surface area is 149 Å². The molecule has 1 aliphatic heterocycles. The molecule has 2 aliphatic carbocycles. The highest BCUT2D eigenvalue weighted by Crippen LogP contribution is 2.67. The summed E-state index contributed by atoms with van der Waals surface area (Å²) in [5.74, 6) is 1.05. The van der Waals surface area contributed by atoms with Crippen molar-refractivity contribution in [1.29, 1.82) is 0 Å². The van der Waals surface area contributed by atoms with Gasteiger partial charge in [0.15, 0.2) is 5.90 Å². The van der Waals surface area contributed by atoms with E-state index in [1.54, 1.807) is 24.3 Å². The minimum absolute atomic E-state index is 0.0835. The van der Waals surface area contributed by atoms with Gasteiger partial charge in [-0.15, -0.1) is 0 Å². The molecule has 2 saturated carbocycles. The molecule has 1 aromatic rings. The molecule has 6 heteroatoms. The van der Waals surface area contributed by atoms with Crippen LogP contribution in [0.15, 0.2) is 34.2 Å². The summed E-state index contributed by atoms with van der Waals surface area (Å²) in [6, 6.07) is 7.00. The van der Waals surface area contributed by atoms with Crippen molar-refractivity contribution in [2.75, 3.05) is 6.54 Å². The van der Waals surface area contributed by atoms with Crippen molar-refractivity contribution in [2.45, 2.75) is 57.6 Å². The Kier molecular flexibility index (Phi) is 3.61. The second kappa shape index (κ2) is 5.30. The first-order valence-corrected chi connectivity index (χ1v) is 10.4. The number of benzene rings is 1. The summed E-state index contributed by atoms with van der Waals surface area (Å²) >= 11 is 0. The third-order valence-electron chi connectivity index (χ3n) is 7.02. The van der Waals surface area contributed by atoms with Crippen LogP contribution in [0.25, 0.3) is 0 Å². The van der Waals surface area contributed by atoms with Crippen LogP contribution in [0.3, 0.4) is 0 Å². The molecule has 0 radical (unpaired) electrons. The third kappa shape index (κ3) is 2.37. The van der Waals surface area contributed by atoms with Crippen molar-refractivity contribution in [3.05, 3.63) is 29.8 Å². The number of nitrogens with one attached hydrogen (secondary N) is 1. The van der Waals surface area contributed by atoms with E-state index in [2.05, 4.69) is 25.5 Å². The SMILES string of the molecule is Cc1ccc(S(=O)(=O)NCC2=N[C@@H]3[C@H]4CC[C@@](C)([C@@H]3O2)C4(C)C)cc1. The van der Waals surface area contributed by atoms with E-state index in [1.165, 1.54) is 6.42 Å². The Bertz CT molecular complexity index is 829. The number of ether oxygens (including phenoxy) is 1. The van der Waals surface area contributed by atoms with Gasteiger partial charge in [0, 0.05) is 5.41 Å². The van der Waals surface area contributed by atoms with Gasteiger partial charge in [0.1, 0.15) is 6.10 Å². The number of aryl methyl sites for hydroxylation is 1. The van der Waals surface area contributed by atoms with Crippen LogP contribution in [0.1, 0.15) is 39.2 Å². The Balaban J connectivity index is 1.48. The molecule has 136 valence electrons. The van der Waals surface area contributed by atoms with Crippen molar-refractivity contribution in [2.24, 2.45) is 21.7 Å². The number of hydrogen-bond donors (Lipinski definition) is 1. The first-order chi connectivity index (χ1) is 11.6. The second-order valence-electron chi connectivity index (χ2n) is 8.47. The molecular weight excluding hydrogens is 336 g/mol. The van der Waals surface area contributed by atoms with E-state index < -0.39 is 10.0 Å². The fourth-order valence-corrected chi connectivity index (χ4v) is 5.98. The van der Waals surface area contributed by atoms with Crippen molar-refractivity contribution < 1.29 is 13.2 Å². The smallest absolute Gasteiger partial charge is 0.241 e. The molecule has 0 aromatic heterocycles. The highest BCUT2D eigenvalue weighted by atomic mass is 32.2. The lowest BCUT2D eigenvalue weighted by Gasteiger charge is -2.37. The fraction of sp³-hybridized carbons (Fsp3) is 0.632. The molecule has 0 unspecified atom stereocenters. The number of fused-ring (bicyclic) bond motifs is 5. The molecule has 1 N–H and O–H groups in total. The predicted molar refractivity (Wildman–Crippen MR) is 97.1 cm³/mol. The average molecular weight is 362 g/mol. The quantitative estimate of drug-likeness (QED) is 0.895. The lowest BCUT2D eigenvalue weighted by atomic mass is 9.70. The molecule has 1 heterocycles. The number of hydrogen-bond acceptors (Lipinski definition) is 4. The van der Waals surface area contributed by atoms with Gasteiger partial charge in [-0.05, 0) is 43.2 Å². The lowest BCUT2D eigenvalue weighted by molar-refractivity contribution is 0.0271. The number of sulfonamides is 1. The zero-order chi connectivity index (χ0) is 18.0. The molecule has 0 spiro atoms. The molecule has 4 atom stereocenters. The van der Waals surface area contributed by atoms with Gasteiger partial charge in [-0.3, -0.25) is 0 Å². The van der Waals surface area contributed by atoms with Crippen LogP contribution < -0.4 is 4.72 Å². The topological polar surface area (TPSA) is 67.8 Å². The molecule has 25 heavy (non-hydrogen) atoms. The predicted octanol–water partition coefficient (Wildman–Crippen LogP) is 2.90. The van der Waals surface area contributed by atoms with Crippen molar-refractivity contribution in [3.8, 4) is 0 Å². The highest BCUT2D eigenvalue weighted by Gasteiger charge is 2.69. The molecule has 2 fully saturated rings. The zero-order valence-corrected chi connectivity index (χ0v) is 16.1. The van der Waals surface area contributed by atoms with E-state index in [9.17, 15) is 8.42 Å². The van der Waals surface area contributed by atoms with Crippen LogP contribution in [0, 0.1) is 23.7 Å². The van der Waals surface area contributed by atoms with Crippen molar-refractivity contribution in [3.63, 3.8) is 0 Å². The summed E-state index contributed by atoms with van der Waals surface area (Å²) in [7, 11) is -3.55. The summed E-state index contributed by atoms with van der Waals surface area (Å²) < 4.78 is 33.6. The van der Waals surface area contributed by atoms with Crippen LogP contribution in [-0.2, 0) is 14.8 Å². The number of nitrogens with zero attached hydrogens (tertiary/aromatic N) is 1. The highest BCUT2D eigenvalue weighted by molar-refractivity contribution is 7.89. The third-order valence-corrected chi connectivity index (χ3v) is 8.44. The average Bonchev–Trinajstić information content (AvgIpc) is 3.11. The van der Waals surface area contributed by atoms with E-state index in [1.807, 2.05) is 6.92 Å². The van der Waals surface area contributed by atoms with E-state index in [0.29, 0.717) is 11.8 Å². The van der Waals surface area contributed by atoms with Gasteiger partial charge in [0.25, 0.3) is 0 Å². The second-order valence-corrected chi connectivity index (χ2v) is 10.2. The number of rotatable bonds is 4. The Morgan fingerprint density at radius 2 is 1.92 bits per heavy atom. The van der Waals surface area contributed by atoms with Crippen molar-refractivity contribution >= 4 is 15.9 Å². The zero-order valence-electron chi connectivity index (χ0n) is 15.2. The van der Waals surface area contributed by atoms with Gasteiger partial charge < -0.3 is 4.74 Å². The van der Waals surface area contributed by atoms with Crippen LogP contribution in [0.5, 0.6) is 0 Å². The maximum atomic E-state index is 12.4. The van der Waals surface area contributed by atoms with Gasteiger partial charge in [-0.1, -0.05) is 38.5 Å². The molecule has 3 aliphatic rings. The van der Waals surface area contributed by atoms with Crippen LogP contribution in [-0.4, -0.2) is 33.0 Å². The van der Waals surface area contributed by atoms with Gasteiger partial charge in [-0.2, -0.15) is 0 Å².